The molecule has 0 aliphatic heterocycles. The van der Waals surface area contributed by atoms with Crippen molar-refractivity contribution in [3.05, 3.63) is 45.0 Å². The maximum Gasteiger partial charge on any atom is 0.433 e. The van der Waals surface area contributed by atoms with Crippen molar-refractivity contribution in [2.75, 3.05) is 0 Å². The van der Waals surface area contributed by atoms with Gasteiger partial charge in [0.05, 0.1) is 15.7 Å². The van der Waals surface area contributed by atoms with E-state index in [2.05, 4.69) is 4.98 Å². The lowest BCUT2D eigenvalue weighted by Crippen LogP contribution is -2.13. The fourth-order valence-corrected chi connectivity index (χ4v) is 3.31. The van der Waals surface area contributed by atoms with Gasteiger partial charge in [-0.3, -0.25) is 4.40 Å². The Balaban J connectivity index is 2.22. The lowest BCUT2D eigenvalue weighted by molar-refractivity contribution is -0.142. The Morgan fingerprint density at radius 1 is 1.26 bits per heavy atom. The number of aromatic nitrogens is 2. The Labute approximate surface area is 140 Å². The van der Waals surface area contributed by atoms with Gasteiger partial charge in [-0.1, -0.05) is 40.6 Å². The Hall–Kier alpha value is -1.77. The van der Waals surface area contributed by atoms with Gasteiger partial charge in [-0.2, -0.15) is 13.2 Å². The lowest BCUT2D eigenvalue weighted by Gasteiger charge is -2.06. The molecule has 0 aliphatic rings. The highest BCUT2D eigenvalue weighted by molar-refractivity contribution is 7.19. The smallest absolute Gasteiger partial charge is 0.433 e. The molecule has 0 fully saturated rings. The molecule has 1 aromatic carbocycles. The number of hydrogen-bond acceptors (Lipinski definition) is 3. The summed E-state index contributed by atoms with van der Waals surface area (Å²) in [6.07, 6.45) is -3.69. The minimum atomic E-state index is -4.82. The van der Waals surface area contributed by atoms with Crippen LogP contribution in [-0.2, 0) is 6.18 Å². The van der Waals surface area contributed by atoms with E-state index in [0.29, 0.717) is 21.9 Å². The number of carboxylic acids is 1. The highest BCUT2D eigenvalue weighted by Gasteiger charge is 2.40. The molecule has 0 saturated carbocycles. The average molecular weight is 381 g/mol. The maximum atomic E-state index is 13.2. The summed E-state index contributed by atoms with van der Waals surface area (Å²) < 4.78 is 40.2. The van der Waals surface area contributed by atoms with E-state index >= 15 is 0 Å². The van der Waals surface area contributed by atoms with Gasteiger partial charge in [-0.05, 0) is 12.1 Å². The lowest BCUT2D eigenvalue weighted by atomic mass is 10.2. The molecule has 0 bridgehead atoms. The number of aromatic carboxylic acids is 1. The van der Waals surface area contributed by atoms with Crippen molar-refractivity contribution in [1.82, 2.24) is 9.38 Å². The van der Waals surface area contributed by atoms with Crippen LogP contribution in [-0.4, -0.2) is 20.5 Å². The summed E-state index contributed by atoms with van der Waals surface area (Å²) in [5.41, 5.74) is -0.554. The largest absolute Gasteiger partial charge is 0.477 e. The third-order valence-electron chi connectivity index (χ3n) is 3.00. The zero-order valence-electron chi connectivity index (χ0n) is 10.9. The van der Waals surface area contributed by atoms with E-state index in [4.69, 9.17) is 28.3 Å². The first-order chi connectivity index (χ1) is 10.7. The quantitative estimate of drug-likeness (QED) is 0.673. The van der Waals surface area contributed by atoms with E-state index in [1.165, 1.54) is 12.1 Å². The van der Waals surface area contributed by atoms with Gasteiger partial charge in [-0.25, -0.2) is 9.78 Å². The number of nitrogens with zero attached hydrogens (tertiary/aromatic N) is 2. The second kappa shape index (κ2) is 5.40. The number of rotatable bonds is 2. The van der Waals surface area contributed by atoms with E-state index < -0.39 is 22.7 Å². The highest BCUT2D eigenvalue weighted by Crippen LogP contribution is 2.38. The third kappa shape index (κ3) is 2.77. The van der Waals surface area contributed by atoms with Gasteiger partial charge in [0.1, 0.15) is 4.88 Å². The van der Waals surface area contributed by atoms with Crippen molar-refractivity contribution < 1.29 is 23.1 Å². The number of benzene rings is 1. The Kier molecular flexibility index (Phi) is 3.78. The predicted molar refractivity (Wildman–Crippen MR) is 80.5 cm³/mol. The molecule has 0 spiro atoms. The molecule has 0 aliphatic carbocycles. The number of fused-ring (bicyclic) bond motifs is 1. The van der Waals surface area contributed by atoms with Gasteiger partial charge in [0.15, 0.2) is 10.7 Å². The number of thiazole rings is 1. The van der Waals surface area contributed by atoms with Crippen LogP contribution in [0.2, 0.25) is 10.0 Å². The van der Waals surface area contributed by atoms with E-state index in [9.17, 15) is 18.0 Å². The number of halogens is 5. The van der Waals surface area contributed by atoms with E-state index in [0.717, 1.165) is 10.6 Å². The second-order valence-electron chi connectivity index (χ2n) is 4.49. The highest BCUT2D eigenvalue weighted by atomic mass is 35.5. The molecule has 2 aromatic heterocycles. The van der Waals surface area contributed by atoms with Crippen molar-refractivity contribution in [1.29, 1.82) is 0 Å². The van der Waals surface area contributed by atoms with Gasteiger partial charge in [0.2, 0.25) is 0 Å². The first-order valence-electron chi connectivity index (χ1n) is 5.96. The number of hydrogen-bond donors (Lipinski definition) is 1. The molecular formula is C13H5Cl2F3N2O2S. The summed E-state index contributed by atoms with van der Waals surface area (Å²) in [7, 11) is 0. The summed E-state index contributed by atoms with van der Waals surface area (Å²) in [6.45, 7) is 0. The summed E-state index contributed by atoms with van der Waals surface area (Å²) in [4.78, 5) is 14.2. The molecule has 0 saturated heterocycles. The van der Waals surface area contributed by atoms with Crippen molar-refractivity contribution in [3.63, 3.8) is 0 Å². The topological polar surface area (TPSA) is 54.6 Å². The van der Waals surface area contributed by atoms with Crippen molar-refractivity contribution >= 4 is 45.5 Å². The molecular weight excluding hydrogens is 376 g/mol. The molecule has 0 unspecified atom stereocenters. The zero-order chi connectivity index (χ0) is 16.9. The molecule has 3 aromatic rings. The van der Waals surface area contributed by atoms with E-state index in [1.54, 1.807) is 6.07 Å². The minimum absolute atomic E-state index is 0.0733. The first kappa shape index (κ1) is 16.1. The number of carboxylic acid groups (broad SMARTS) is 1. The van der Waals surface area contributed by atoms with Crippen LogP contribution in [0.25, 0.3) is 16.2 Å². The summed E-state index contributed by atoms with van der Waals surface area (Å²) >= 11 is 12.1. The van der Waals surface area contributed by atoms with Crippen LogP contribution < -0.4 is 0 Å². The van der Waals surface area contributed by atoms with Crippen LogP contribution in [0, 0.1) is 0 Å². The summed E-state index contributed by atoms with van der Waals surface area (Å²) in [5, 5.41) is 9.48. The molecule has 4 nitrogen and oxygen atoms in total. The number of carbonyl (C=O) groups is 1. The predicted octanol–water partition coefficient (Wildman–Crippen LogP) is 5.09. The van der Waals surface area contributed by atoms with Crippen LogP contribution in [0.5, 0.6) is 0 Å². The fraction of sp³-hybridized carbons (Fsp3) is 0.0769. The number of imidazole rings is 1. The molecule has 10 heteroatoms. The van der Waals surface area contributed by atoms with Gasteiger partial charge in [0, 0.05) is 11.8 Å². The average Bonchev–Trinajstić information content (AvgIpc) is 2.97. The SMILES string of the molecule is O=C(O)c1sc2nc(-c3ccc(Cl)c(Cl)c3)cn2c1C(F)(F)F. The third-order valence-corrected chi connectivity index (χ3v) is 4.78. The molecule has 3 rings (SSSR count). The number of alkyl halides is 3. The molecule has 0 atom stereocenters. The molecule has 0 amide bonds. The normalized spacial score (nSPS) is 12.0. The van der Waals surface area contributed by atoms with Crippen LogP contribution in [0.15, 0.2) is 24.4 Å². The zero-order valence-corrected chi connectivity index (χ0v) is 13.2. The Bertz CT molecular complexity index is 933. The van der Waals surface area contributed by atoms with Crippen molar-refractivity contribution in [2.24, 2.45) is 0 Å². The van der Waals surface area contributed by atoms with Crippen LogP contribution in [0.3, 0.4) is 0 Å². The van der Waals surface area contributed by atoms with Gasteiger partial charge in [-0.15, -0.1) is 0 Å². The molecule has 23 heavy (non-hydrogen) atoms. The molecule has 2 heterocycles. The minimum Gasteiger partial charge on any atom is -0.477 e. The Morgan fingerprint density at radius 3 is 2.52 bits per heavy atom. The van der Waals surface area contributed by atoms with E-state index in [1.807, 2.05) is 0 Å². The summed E-state index contributed by atoms with van der Waals surface area (Å²) in [5.74, 6) is -1.65. The van der Waals surface area contributed by atoms with Gasteiger partial charge < -0.3 is 5.11 Å². The van der Waals surface area contributed by atoms with Crippen LogP contribution >= 0.6 is 34.5 Å². The van der Waals surface area contributed by atoms with Crippen LogP contribution in [0.1, 0.15) is 15.4 Å². The fourth-order valence-electron chi connectivity index (χ4n) is 2.05. The van der Waals surface area contributed by atoms with Crippen molar-refractivity contribution in [3.8, 4) is 11.3 Å². The maximum absolute atomic E-state index is 13.2. The summed E-state index contributed by atoms with van der Waals surface area (Å²) in [6, 6.07) is 4.54. The monoisotopic (exact) mass is 380 g/mol. The molecule has 120 valence electrons. The van der Waals surface area contributed by atoms with Crippen LogP contribution in [0.4, 0.5) is 13.2 Å². The molecule has 0 radical (unpaired) electrons. The van der Waals surface area contributed by atoms with Crippen molar-refractivity contribution in [2.45, 2.75) is 6.18 Å². The Morgan fingerprint density at radius 2 is 1.96 bits per heavy atom. The first-order valence-corrected chi connectivity index (χ1v) is 7.53. The molecule has 1 N–H and O–H groups in total. The van der Waals surface area contributed by atoms with Gasteiger partial charge in [0.25, 0.3) is 0 Å². The second-order valence-corrected chi connectivity index (χ2v) is 6.28. The van der Waals surface area contributed by atoms with Gasteiger partial charge >= 0.3 is 12.1 Å². The van der Waals surface area contributed by atoms with E-state index in [-0.39, 0.29) is 15.7 Å². The standard InChI is InChI=1S/C13H5Cl2F3N2O2S/c14-6-2-1-5(3-7(6)15)8-4-20-10(13(16,17)18)9(11(21)22)23-12(20)19-8/h1-4H,(H,21,22).